The number of amides is 2. The van der Waals surface area contributed by atoms with Gasteiger partial charge < -0.3 is 20.0 Å². The van der Waals surface area contributed by atoms with E-state index in [1.165, 1.54) is 0 Å². The van der Waals surface area contributed by atoms with Gasteiger partial charge in [0.2, 0.25) is 11.8 Å². The molecule has 0 saturated carbocycles. The molecule has 7 heteroatoms. The first-order chi connectivity index (χ1) is 15.4. The molecule has 3 heterocycles. The molecule has 1 aliphatic heterocycles. The molecule has 0 spiro atoms. The van der Waals surface area contributed by atoms with Crippen LogP contribution in [0.5, 0.6) is 0 Å². The standard InChI is InChI=1S/C25H28N4O3/c1-5-17-18-8-6-7-9-21(18)32-23(17)15(2)19(25(31)29(3)4)12-16-13-20-24(27-14-16)28-22(30)10-11-26-20/h6-9,12-15,26H,5,10-11H2,1-4H3,(H,27,28,30)/b19-12+/t15-/m1/s1. The molecule has 7 nitrogen and oxygen atoms in total. The monoisotopic (exact) mass is 432 g/mol. The van der Waals surface area contributed by atoms with E-state index in [1.54, 1.807) is 25.2 Å². The molecule has 0 bridgehead atoms. The number of nitrogens with one attached hydrogen (secondary N) is 2. The maximum absolute atomic E-state index is 13.2. The molecule has 1 aromatic carbocycles. The number of likely N-dealkylation sites (N-methyl/N-ethyl adjacent to an activating group) is 1. The zero-order valence-electron chi connectivity index (χ0n) is 18.9. The van der Waals surface area contributed by atoms with Gasteiger partial charge in [0, 0.05) is 55.7 Å². The molecule has 4 rings (SSSR count). The number of fused-ring (bicyclic) bond motifs is 2. The quantitative estimate of drug-likeness (QED) is 0.583. The number of benzene rings is 1. The number of nitrogens with zero attached hydrogens (tertiary/aromatic N) is 2. The molecule has 0 fully saturated rings. The number of hydrogen-bond acceptors (Lipinski definition) is 5. The number of anilines is 2. The van der Waals surface area contributed by atoms with E-state index < -0.39 is 0 Å². The third-order valence-corrected chi connectivity index (χ3v) is 5.75. The van der Waals surface area contributed by atoms with Gasteiger partial charge in [0.25, 0.3) is 0 Å². The zero-order chi connectivity index (χ0) is 22.8. The molecule has 2 N–H and O–H groups in total. The van der Waals surface area contributed by atoms with Crippen LogP contribution in [0.3, 0.4) is 0 Å². The highest BCUT2D eigenvalue weighted by Gasteiger charge is 2.26. The Hall–Kier alpha value is -3.61. The topological polar surface area (TPSA) is 87.5 Å². The smallest absolute Gasteiger partial charge is 0.250 e. The third kappa shape index (κ3) is 4.10. The van der Waals surface area contributed by atoms with Crippen LogP contribution in [0.2, 0.25) is 0 Å². The summed E-state index contributed by atoms with van der Waals surface area (Å²) >= 11 is 0. The number of pyridine rings is 1. The fourth-order valence-corrected chi connectivity index (χ4v) is 4.08. The van der Waals surface area contributed by atoms with E-state index in [-0.39, 0.29) is 17.7 Å². The van der Waals surface area contributed by atoms with Gasteiger partial charge in [-0.15, -0.1) is 0 Å². The lowest BCUT2D eigenvalue weighted by molar-refractivity contribution is -0.125. The summed E-state index contributed by atoms with van der Waals surface area (Å²) in [6, 6.07) is 9.87. The second kappa shape index (κ2) is 8.86. The molecule has 2 amide bonds. The van der Waals surface area contributed by atoms with E-state index in [1.807, 2.05) is 37.3 Å². The Morgan fingerprint density at radius 1 is 1.31 bits per heavy atom. The molecule has 1 atom stereocenters. The predicted octanol–water partition coefficient (Wildman–Crippen LogP) is 4.42. The van der Waals surface area contributed by atoms with Crippen LogP contribution >= 0.6 is 0 Å². The SMILES string of the molecule is CCc1c([C@H](C)/C(=C\c2cnc3c(c2)NCCC(=O)N3)C(=O)N(C)C)oc2ccccc12. The van der Waals surface area contributed by atoms with E-state index in [4.69, 9.17) is 4.42 Å². The Balaban J connectivity index is 1.79. The number of aryl methyl sites for hydroxylation is 1. The maximum Gasteiger partial charge on any atom is 0.250 e. The van der Waals surface area contributed by atoms with Gasteiger partial charge in [0.15, 0.2) is 5.82 Å². The number of carbonyl (C=O) groups excluding carboxylic acids is 2. The van der Waals surface area contributed by atoms with Crippen molar-refractivity contribution in [2.45, 2.75) is 32.6 Å². The van der Waals surface area contributed by atoms with Gasteiger partial charge in [-0.25, -0.2) is 4.98 Å². The highest BCUT2D eigenvalue weighted by Crippen LogP contribution is 2.36. The summed E-state index contributed by atoms with van der Waals surface area (Å²) in [6.45, 7) is 4.63. The van der Waals surface area contributed by atoms with Crippen LogP contribution in [-0.2, 0) is 16.0 Å². The fraction of sp³-hybridized carbons (Fsp3) is 0.320. The van der Waals surface area contributed by atoms with Gasteiger partial charge >= 0.3 is 0 Å². The fourth-order valence-electron chi connectivity index (χ4n) is 4.08. The van der Waals surface area contributed by atoms with Crippen molar-refractivity contribution in [3.05, 3.63) is 59.0 Å². The van der Waals surface area contributed by atoms with Crippen molar-refractivity contribution >= 4 is 40.4 Å². The first-order valence-electron chi connectivity index (χ1n) is 10.9. The number of furan rings is 1. The maximum atomic E-state index is 13.2. The minimum Gasteiger partial charge on any atom is -0.460 e. The van der Waals surface area contributed by atoms with Gasteiger partial charge in [-0.05, 0) is 30.2 Å². The molecule has 0 radical (unpaired) electrons. The first-order valence-corrected chi connectivity index (χ1v) is 10.9. The Morgan fingerprint density at radius 3 is 2.84 bits per heavy atom. The van der Waals surface area contributed by atoms with Crippen molar-refractivity contribution in [2.75, 3.05) is 31.3 Å². The van der Waals surface area contributed by atoms with Crippen molar-refractivity contribution in [2.24, 2.45) is 0 Å². The number of rotatable bonds is 5. The normalized spacial score (nSPS) is 14.9. The van der Waals surface area contributed by atoms with E-state index in [0.717, 1.165) is 40.0 Å². The van der Waals surface area contributed by atoms with E-state index in [2.05, 4.69) is 28.6 Å². The molecule has 166 valence electrons. The van der Waals surface area contributed by atoms with Crippen LogP contribution in [0.1, 0.15) is 43.1 Å². The molecule has 0 aliphatic carbocycles. The third-order valence-electron chi connectivity index (χ3n) is 5.75. The first kappa shape index (κ1) is 21.6. The number of aromatic nitrogens is 1. The summed E-state index contributed by atoms with van der Waals surface area (Å²) < 4.78 is 6.23. The second-order valence-electron chi connectivity index (χ2n) is 8.21. The van der Waals surface area contributed by atoms with E-state index in [0.29, 0.717) is 24.4 Å². The Labute approximate surface area is 187 Å². The van der Waals surface area contributed by atoms with Crippen LogP contribution in [0.15, 0.2) is 46.5 Å². The van der Waals surface area contributed by atoms with Crippen LogP contribution < -0.4 is 10.6 Å². The zero-order valence-corrected chi connectivity index (χ0v) is 18.9. The highest BCUT2D eigenvalue weighted by atomic mass is 16.3. The van der Waals surface area contributed by atoms with Crippen molar-refractivity contribution in [1.29, 1.82) is 0 Å². The number of carbonyl (C=O) groups is 2. The van der Waals surface area contributed by atoms with Gasteiger partial charge in [0.05, 0.1) is 5.69 Å². The summed E-state index contributed by atoms with van der Waals surface area (Å²) in [7, 11) is 3.49. The Bertz CT molecular complexity index is 1210. The lowest BCUT2D eigenvalue weighted by atomic mass is 9.91. The van der Waals surface area contributed by atoms with Crippen LogP contribution in [-0.4, -0.2) is 42.3 Å². The lowest BCUT2D eigenvalue weighted by Gasteiger charge is -2.19. The molecule has 2 aromatic heterocycles. The van der Waals surface area contributed by atoms with Crippen molar-refractivity contribution in [3.63, 3.8) is 0 Å². The van der Waals surface area contributed by atoms with Gasteiger partial charge in [-0.3, -0.25) is 9.59 Å². The lowest BCUT2D eigenvalue weighted by Crippen LogP contribution is -2.26. The largest absolute Gasteiger partial charge is 0.460 e. The molecule has 3 aromatic rings. The van der Waals surface area contributed by atoms with Crippen LogP contribution in [0.4, 0.5) is 11.5 Å². The Morgan fingerprint density at radius 2 is 2.09 bits per heavy atom. The average Bonchev–Trinajstić information content (AvgIpc) is 3.06. The second-order valence-corrected chi connectivity index (χ2v) is 8.21. The Kier molecular flexibility index (Phi) is 5.99. The van der Waals surface area contributed by atoms with Gasteiger partial charge in [-0.2, -0.15) is 0 Å². The molecular formula is C25H28N4O3. The summed E-state index contributed by atoms with van der Waals surface area (Å²) in [5.41, 5.74) is 4.08. The van der Waals surface area contributed by atoms with E-state index >= 15 is 0 Å². The molecule has 0 saturated heterocycles. The van der Waals surface area contributed by atoms with Gasteiger partial charge in [-0.1, -0.05) is 32.0 Å². The van der Waals surface area contributed by atoms with Gasteiger partial charge in [0.1, 0.15) is 11.3 Å². The van der Waals surface area contributed by atoms with Crippen molar-refractivity contribution in [1.82, 2.24) is 9.88 Å². The average molecular weight is 433 g/mol. The number of hydrogen-bond donors (Lipinski definition) is 2. The summed E-state index contributed by atoms with van der Waals surface area (Å²) in [4.78, 5) is 31.0. The van der Waals surface area contributed by atoms with Crippen molar-refractivity contribution < 1.29 is 14.0 Å². The van der Waals surface area contributed by atoms with Crippen LogP contribution in [0.25, 0.3) is 17.0 Å². The molecular weight excluding hydrogens is 404 g/mol. The highest BCUT2D eigenvalue weighted by molar-refractivity contribution is 6.00. The molecule has 1 aliphatic rings. The summed E-state index contributed by atoms with van der Waals surface area (Å²) in [5.74, 6) is 0.906. The van der Waals surface area contributed by atoms with E-state index in [9.17, 15) is 9.59 Å². The molecule has 32 heavy (non-hydrogen) atoms. The van der Waals surface area contributed by atoms with Crippen molar-refractivity contribution in [3.8, 4) is 0 Å². The molecule has 0 unspecified atom stereocenters. The predicted molar refractivity (Wildman–Crippen MR) is 127 cm³/mol. The minimum atomic E-state index is -0.251. The summed E-state index contributed by atoms with van der Waals surface area (Å²) in [6.07, 6.45) is 4.72. The van der Waals surface area contributed by atoms with Crippen LogP contribution in [0, 0.1) is 0 Å². The summed E-state index contributed by atoms with van der Waals surface area (Å²) in [5, 5.41) is 7.11. The number of para-hydroxylation sites is 1. The minimum absolute atomic E-state index is 0.0684.